The second kappa shape index (κ2) is 9.76. The molecule has 9 heteroatoms. The summed E-state index contributed by atoms with van der Waals surface area (Å²) in [5.41, 5.74) is 3.45. The summed E-state index contributed by atoms with van der Waals surface area (Å²) < 4.78 is 8.77. The van der Waals surface area contributed by atoms with Gasteiger partial charge in [-0.2, -0.15) is 10.2 Å². The van der Waals surface area contributed by atoms with Gasteiger partial charge in [-0.25, -0.2) is 9.48 Å². The molecule has 0 radical (unpaired) electrons. The molecule has 0 saturated carbocycles. The molecule has 1 fully saturated rings. The van der Waals surface area contributed by atoms with Gasteiger partial charge in [-0.1, -0.05) is 18.2 Å². The molecular formula is C24H33N7O2. The van der Waals surface area contributed by atoms with Gasteiger partial charge in [0.1, 0.15) is 11.5 Å². The number of methoxy groups -OCH3 is 1. The van der Waals surface area contributed by atoms with Crippen LogP contribution in [0.15, 0.2) is 42.7 Å². The Balaban J connectivity index is 1.57. The maximum absolute atomic E-state index is 13.1. The van der Waals surface area contributed by atoms with E-state index < -0.39 is 0 Å². The predicted octanol–water partition coefficient (Wildman–Crippen LogP) is 3.20. The summed E-state index contributed by atoms with van der Waals surface area (Å²) in [4.78, 5) is 15.4. The van der Waals surface area contributed by atoms with Crippen LogP contribution in [0.25, 0.3) is 16.9 Å². The van der Waals surface area contributed by atoms with Gasteiger partial charge in [0, 0.05) is 56.2 Å². The molecule has 176 valence electrons. The number of likely N-dealkylation sites (N-methyl/N-ethyl adjacent to an activating group) is 1. The van der Waals surface area contributed by atoms with E-state index in [4.69, 9.17) is 9.84 Å². The minimum Gasteiger partial charge on any atom is -0.385 e. The number of ether oxygens (including phenoxy) is 1. The van der Waals surface area contributed by atoms with Crippen LogP contribution in [-0.2, 0) is 11.8 Å². The fourth-order valence-corrected chi connectivity index (χ4v) is 4.56. The molecule has 2 aromatic heterocycles. The van der Waals surface area contributed by atoms with E-state index >= 15 is 0 Å². The Kier molecular flexibility index (Phi) is 6.80. The Labute approximate surface area is 194 Å². The Morgan fingerprint density at radius 3 is 2.67 bits per heavy atom. The molecule has 1 aliphatic rings. The fraction of sp³-hybridized carbons (Fsp3) is 0.458. The van der Waals surface area contributed by atoms with Crippen LogP contribution in [0, 0.1) is 6.92 Å². The number of aromatic nitrogens is 4. The number of anilines is 1. The second-order valence-electron chi connectivity index (χ2n) is 8.75. The first-order valence-electron chi connectivity index (χ1n) is 11.3. The van der Waals surface area contributed by atoms with Gasteiger partial charge >= 0.3 is 6.03 Å². The van der Waals surface area contributed by atoms with Crippen molar-refractivity contribution in [3.63, 3.8) is 0 Å². The summed E-state index contributed by atoms with van der Waals surface area (Å²) in [6, 6.07) is 10.3. The van der Waals surface area contributed by atoms with Crippen molar-refractivity contribution in [3.8, 4) is 16.9 Å². The molecule has 0 bridgehead atoms. The summed E-state index contributed by atoms with van der Waals surface area (Å²) in [5, 5.41) is 15.4. The highest BCUT2D eigenvalue weighted by Crippen LogP contribution is 2.30. The molecule has 3 atom stereocenters. The lowest BCUT2D eigenvalue weighted by Crippen LogP contribution is -2.44. The van der Waals surface area contributed by atoms with Gasteiger partial charge < -0.3 is 10.1 Å². The van der Waals surface area contributed by atoms with Gasteiger partial charge in [-0.3, -0.25) is 14.9 Å². The predicted molar refractivity (Wildman–Crippen MR) is 129 cm³/mol. The van der Waals surface area contributed by atoms with Crippen LogP contribution >= 0.6 is 0 Å². The molecule has 33 heavy (non-hydrogen) atoms. The number of likely N-dealkylation sites (tertiary alicyclic amines) is 1. The minimum atomic E-state index is -0.231. The minimum absolute atomic E-state index is 0.0584. The molecule has 3 heterocycles. The fourth-order valence-electron chi connectivity index (χ4n) is 4.56. The number of hydrogen-bond acceptors (Lipinski definition) is 5. The van der Waals surface area contributed by atoms with Crippen molar-refractivity contribution in [2.45, 2.75) is 44.8 Å². The van der Waals surface area contributed by atoms with Crippen LogP contribution < -0.4 is 10.6 Å². The zero-order valence-electron chi connectivity index (χ0n) is 19.9. The number of aryl methyl sites for hydroxylation is 1. The molecule has 0 aliphatic carbocycles. The van der Waals surface area contributed by atoms with Gasteiger partial charge in [0.2, 0.25) is 0 Å². The summed E-state index contributed by atoms with van der Waals surface area (Å²) >= 11 is 0. The molecular weight excluding hydrogens is 418 g/mol. The highest BCUT2D eigenvalue weighted by Gasteiger charge is 2.36. The quantitative estimate of drug-likeness (QED) is 0.576. The van der Waals surface area contributed by atoms with Crippen LogP contribution in [0.1, 0.15) is 25.3 Å². The first kappa shape index (κ1) is 23.0. The number of hydrogen-bond donors (Lipinski definition) is 2. The topological polar surface area (TPSA) is 89.2 Å². The van der Waals surface area contributed by atoms with Crippen LogP contribution in [-0.4, -0.2) is 69.4 Å². The number of urea groups is 1. The van der Waals surface area contributed by atoms with Crippen molar-refractivity contribution >= 4 is 11.8 Å². The molecule has 2 amide bonds. The van der Waals surface area contributed by atoms with E-state index in [9.17, 15) is 4.79 Å². The van der Waals surface area contributed by atoms with E-state index in [-0.39, 0.29) is 18.1 Å². The smallest absolute Gasteiger partial charge is 0.320 e. The van der Waals surface area contributed by atoms with Crippen molar-refractivity contribution in [3.05, 3.63) is 48.3 Å². The van der Waals surface area contributed by atoms with Crippen molar-refractivity contribution < 1.29 is 9.53 Å². The average molecular weight is 452 g/mol. The lowest BCUT2D eigenvalue weighted by atomic mass is 10.1. The third-order valence-electron chi connectivity index (χ3n) is 6.63. The van der Waals surface area contributed by atoms with E-state index in [1.165, 1.54) is 0 Å². The summed E-state index contributed by atoms with van der Waals surface area (Å²) in [5.74, 6) is 0.646. The normalized spacial score (nSPS) is 20.8. The first-order chi connectivity index (χ1) is 15.9. The molecule has 0 unspecified atom stereocenters. The number of nitrogens with zero attached hydrogens (tertiary/aromatic N) is 5. The van der Waals surface area contributed by atoms with E-state index in [2.05, 4.69) is 34.6 Å². The number of carbonyl (C=O) groups is 1. The molecule has 1 saturated heterocycles. The molecule has 1 aromatic carbocycles. The summed E-state index contributed by atoms with van der Waals surface area (Å²) in [6.07, 6.45) is 5.55. The van der Waals surface area contributed by atoms with Crippen LogP contribution in [0.3, 0.4) is 0 Å². The van der Waals surface area contributed by atoms with Gasteiger partial charge in [-0.15, -0.1) is 0 Å². The lowest BCUT2D eigenvalue weighted by molar-refractivity contribution is 0.153. The molecule has 1 aliphatic heterocycles. The van der Waals surface area contributed by atoms with Gasteiger partial charge in [0.25, 0.3) is 0 Å². The zero-order chi connectivity index (χ0) is 23.5. The molecule has 3 aromatic rings. The Bertz CT molecular complexity index is 1090. The number of para-hydroxylation sites is 1. The largest absolute Gasteiger partial charge is 0.385 e. The zero-order valence-corrected chi connectivity index (χ0v) is 19.9. The monoisotopic (exact) mass is 451 g/mol. The molecule has 9 nitrogen and oxygen atoms in total. The van der Waals surface area contributed by atoms with Crippen LogP contribution in [0.4, 0.5) is 10.6 Å². The Morgan fingerprint density at radius 1 is 1.24 bits per heavy atom. The van der Waals surface area contributed by atoms with Crippen molar-refractivity contribution in [1.29, 1.82) is 0 Å². The highest BCUT2D eigenvalue weighted by molar-refractivity contribution is 5.91. The number of nitrogens with one attached hydrogen (secondary N) is 2. The molecule has 0 spiro atoms. The van der Waals surface area contributed by atoms with E-state index in [0.717, 1.165) is 35.3 Å². The van der Waals surface area contributed by atoms with Crippen LogP contribution in [0.5, 0.6) is 0 Å². The molecule has 2 N–H and O–H groups in total. The SMILES string of the molecule is COCC[C@@H]1C[C@@H](NC(=O)Nc2c(C)c(-c3cnn(C)c3)nn2-c2ccccc2)[C@H](C)N1C. The Morgan fingerprint density at radius 2 is 2.00 bits per heavy atom. The first-order valence-corrected chi connectivity index (χ1v) is 11.3. The number of carbonyl (C=O) groups excluding carboxylic acids is 1. The number of benzene rings is 1. The standard InChI is InChI=1S/C24H33N7O2/c1-16-22(18-14-25-29(3)15-18)28-31(19-9-7-6-8-10-19)23(16)27-24(32)26-21-13-20(11-12-33-5)30(4)17(21)2/h6-10,14-15,17,20-21H,11-13H2,1-5H3,(H2,26,27,32)/t17-,20+,21+/m0/s1. The maximum atomic E-state index is 13.1. The second-order valence-corrected chi connectivity index (χ2v) is 8.75. The van der Waals surface area contributed by atoms with Crippen molar-refractivity contribution in [2.75, 3.05) is 26.1 Å². The third-order valence-corrected chi connectivity index (χ3v) is 6.63. The van der Waals surface area contributed by atoms with Gasteiger partial charge in [-0.05, 0) is 45.9 Å². The summed E-state index contributed by atoms with van der Waals surface area (Å²) in [7, 11) is 5.71. The van der Waals surface area contributed by atoms with Gasteiger partial charge in [0.05, 0.1) is 11.9 Å². The van der Waals surface area contributed by atoms with E-state index in [1.807, 2.05) is 50.5 Å². The van der Waals surface area contributed by atoms with E-state index in [1.54, 1.807) is 22.7 Å². The summed E-state index contributed by atoms with van der Waals surface area (Å²) in [6.45, 7) is 4.84. The van der Waals surface area contributed by atoms with Crippen molar-refractivity contribution in [2.24, 2.45) is 7.05 Å². The lowest BCUT2D eigenvalue weighted by Gasteiger charge is -2.24. The molecule has 4 rings (SSSR count). The highest BCUT2D eigenvalue weighted by atomic mass is 16.5. The average Bonchev–Trinajstić information content (AvgIpc) is 3.45. The Hall–Kier alpha value is -3.17. The third kappa shape index (κ3) is 4.79. The maximum Gasteiger partial charge on any atom is 0.320 e. The number of amides is 2. The van der Waals surface area contributed by atoms with Crippen molar-refractivity contribution in [1.82, 2.24) is 29.8 Å². The number of rotatable bonds is 7. The van der Waals surface area contributed by atoms with Crippen LogP contribution in [0.2, 0.25) is 0 Å². The van der Waals surface area contributed by atoms with E-state index in [0.29, 0.717) is 18.5 Å². The van der Waals surface area contributed by atoms with Gasteiger partial charge in [0.15, 0.2) is 0 Å².